The Morgan fingerprint density at radius 1 is 1.11 bits per heavy atom. The maximum Gasteiger partial charge on any atom is 0.253 e. The van der Waals surface area contributed by atoms with Crippen LogP contribution in [-0.2, 0) is 10.3 Å². The summed E-state index contributed by atoms with van der Waals surface area (Å²) in [4.78, 5) is 25.5. The average molecular weight is 365 g/mol. The van der Waals surface area contributed by atoms with Crippen molar-refractivity contribution in [2.75, 3.05) is 12.4 Å². The Labute approximate surface area is 156 Å². The molecule has 2 aromatic carbocycles. The van der Waals surface area contributed by atoms with Crippen LogP contribution in [0.25, 0.3) is 22.0 Å². The Morgan fingerprint density at radius 2 is 1.74 bits per heavy atom. The number of anilines is 1. The van der Waals surface area contributed by atoms with Crippen LogP contribution < -0.4 is 22.5 Å². The lowest BCUT2D eigenvalue weighted by molar-refractivity contribution is -0.105. The van der Waals surface area contributed by atoms with E-state index in [4.69, 9.17) is 11.5 Å². The van der Waals surface area contributed by atoms with Gasteiger partial charge >= 0.3 is 0 Å². The number of aromatic nitrogens is 1. The van der Waals surface area contributed by atoms with Crippen molar-refractivity contribution >= 4 is 29.0 Å². The Bertz CT molecular complexity index is 988. The molecule has 3 aromatic rings. The zero-order valence-corrected chi connectivity index (χ0v) is 15.1. The third-order valence-corrected chi connectivity index (χ3v) is 4.83. The van der Waals surface area contributed by atoms with Crippen molar-refractivity contribution in [3.8, 4) is 11.1 Å². The normalized spacial score (nSPS) is 14.2. The minimum Gasteiger partial charge on any atom is -0.365 e. The molecule has 2 amide bonds. The third kappa shape index (κ3) is 3.42. The number of nitrogens with two attached hydrogens (primary N) is 3. The number of hydrogen-bond acceptors (Lipinski definition) is 4. The molecule has 4 rings (SSSR count). The summed E-state index contributed by atoms with van der Waals surface area (Å²) in [6.07, 6.45) is 2.57. The quantitative estimate of drug-likeness (QED) is 0.441. The summed E-state index contributed by atoms with van der Waals surface area (Å²) in [6.45, 7) is 0. The van der Waals surface area contributed by atoms with Gasteiger partial charge in [0.2, 0.25) is 6.41 Å². The number of primary amides is 1. The summed E-state index contributed by atoms with van der Waals surface area (Å²) in [7, 11) is 1.50. The second kappa shape index (κ2) is 7.22. The molecule has 1 aromatic heterocycles. The molecule has 1 aliphatic carbocycles. The summed E-state index contributed by atoms with van der Waals surface area (Å²) in [5.41, 5.74) is 20.2. The van der Waals surface area contributed by atoms with Gasteiger partial charge in [-0.15, -0.1) is 0 Å². The van der Waals surface area contributed by atoms with Gasteiger partial charge in [0.1, 0.15) is 5.82 Å². The van der Waals surface area contributed by atoms with Crippen LogP contribution in [0.3, 0.4) is 0 Å². The average Bonchev–Trinajstić information content (AvgIpc) is 3.33. The van der Waals surface area contributed by atoms with E-state index in [1.54, 1.807) is 0 Å². The largest absolute Gasteiger partial charge is 0.365 e. The van der Waals surface area contributed by atoms with Crippen molar-refractivity contribution in [3.05, 3.63) is 53.6 Å². The van der Waals surface area contributed by atoms with Gasteiger partial charge in [0.15, 0.2) is 0 Å². The molecule has 1 aliphatic rings. The highest BCUT2D eigenvalue weighted by atomic mass is 16.1. The molecular formula is C20H23N5O2. The van der Waals surface area contributed by atoms with Crippen molar-refractivity contribution in [3.63, 3.8) is 0 Å². The van der Waals surface area contributed by atoms with Crippen LogP contribution in [0, 0.1) is 0 Å². The Hall–Kier alpha value is -3.16. The Morgan fingerprint density at radius 3 is 2.30 bits per heavy atom. The summed E-state index contributed by atoms with van der Waals surface area (Å²) in [5, 5.41) is 3.16. The zero-order valence-electron chi connectivity index (χ0n) is 15.1. The summed E-state index contributed by atoms with van der Waals surface area (Å²) < 4.78 is 0. The molecule has 1 fully saturated rings. The number of nitrogens with one attached hydrogen (secondary N) is 2. The molecule has 0 saturated heterocycles. The van der Waals surface area contributed by atoms with E-state index in [1.807, 2.05) is 30.3 Å². The third-order valence-electron chi connectivity index (χ3n) is 4.83. The molecule has 1 heterocycles. The Balaban J connectivity index is 0.00000102. The lowest BCUT2D eigenvalue weighted by Gasteiger charge is -2.10. The summed E-state index contributed by atoms with van der Waals surface area (Å²) >= 11 is 0. The second-order valence-corrected chi connectivity index (χ2v) is 6.50. The molecule has 0 unspecified atom stereocenters. The van der Waals surface area contributed by atoms with Crippen LogP contribution in [0.15, 0.2) is 42.5 Å². The number of fused-ring (bicyclic) bond motifs is 1. The van der Waals surface area contributed by atoms with Crippen molar-refractivity contribution in [2.24, 2.45) is 17.2 Å². The summed E-state index contributed by atoms with van der Waals surface area (Å²) in [6, 6.07) is 13.9. The SMILES string of the molecule is CN.NC(=O)c1c(NC=O)[nH]c2cc(-c3ccc(C4(N)CC4)cc3)ccc12. The van der Waals surface area contributed by atoms with Gasteiger partial charge in [0, 0.05) is 16.4 Å². The first kappa shape index (κ1) is 18.6. The van der Waals surface area contributed by atoms with E-state index in [0.29, 0.717) is 17.6 Å². The molecule has 0 aliphatic heterocycles. The number of hydrogen-bond donors (Lipinski definition) is 5. The van der Waals surface area contributed by atoms with Gasteiger partial charge in [-0.1, -0.05) is 36.4 Å². The number of carbonyl (C=O) groups is 2. The van der Waals surface area contributed by atoms with Crippen LogP contribution in [-0.4, -0.2) is 24.3 Å². The molecular weight excluding hydrogens is 342 g/mol. The topological polar surface area (TPSA) is 140 Å². The molecule has 27 heavy (non-hydrogen) atoms. The molecule has 0 radical (unpaired) electrons. The maximum absolute atomic E-state index is 11.7. The van der Waals surface area contributed by atoms with Crippen molar-refractivity contribution in [2.45, 2.75) is 18.4 Å². The van der Waals surface area contributed by atoms with Gasteiger partial charge < -0.3 is 27.5 Å². The van der Waals surface area contributed by atoms with Gasteiger partial charge in [0.25, 0.3) is 5.91 Å². The van der Waals surface area contributed by atoms with E-state index < -0.39 is 5.91 Å². The fraction of sp³-hybridized carbons (Fsp3) is 0.200. The molecule has 0 bridgehead atoms. The van der Waals surface area contributed by atoms with E-state index in [9.17, 15) is 9.59 Å². The van der Waals surface area contributed by atoms with Gasteiger partial charge in [0.05, 0.1) is 5.56 Å². The maximum atomic E-state index is 11.7. The standard InChI is InChI=1S/C19H18N4O2.CH5N/c20-17(25)16-14-6-3-12(9-15(14)23-18(16)22-10-24)11-1-4-13(5-2-11)19(21)7-8-19;1-2/h1-6,9-10,23H,7-8,21H2,(H2,20,25)(H,22,24);2H2,1H3. The number of H-pyrrole nitrogens is 1. The highest BCUT2D eigenvalue weighted by Crippen LogP contribution is 2.43. The lowest BCUT2D eigenvalue weighted by atomic mass is 9.99. The van der Waals surface area contributed by atoms with Gasteiger partial charge in [-0.05, 0) is 42.6 Å². The van der Waals surface area contributed by atoms with Crippen LogP contribution in [0.4, 0.5) is 5.82 Å². The van der Waals surface area contributed by atoms with Crippen molar-refractivity contribution in [1.29, 1.82) is 0 Å². The number of aromatic amines is 1. The number of amides is 2. The molecule has 140 valence electrons. The molecule has 7 nitrogen and oxygen atoms in total. The smallest absolute Gasteiger partial charge is 0.253 e. The Kier molecular flexibility index (Phi) is 4.98. The first-order chi connectivity index (χ1) is 13.0. The van der Waals surface area contributed by atoms with E-state index in [-0.39, 0.29) is 11.1 Å². The van der Waals surface area contributed by atoms with E-state index >= 15 is 0 Å². The fourth-order valence-corrected chi connectivity index (χ4v) is 3.22. The fourth-order valence-electron chi connectivity index (χ4n) is 3.22. The predicted molar refractivity (Wildman–Crippen MR) is 107 cm³/mol. The predicted octanol–water partition coefficient (Wildman–Crippen LogP) is 2.02. The molecule has 8 N–H and O–H groups in total. The summed E-state index contributed by atoms with van der Waals surface area (Å²) in [5.74, 6) is -0.283. The number of carbonyl (C=O) groups excluding carboxylic acids is 2. The second-order valence-electron chi connectivity index (χ2n) is 6.50. The minimum absolute atomic E-state index is 0.145. The van der Waals surface area contributed by atoms with E-state index in [0.717, 1.165) is 35.0 Å². The van der Waals surface area contributed by atoms with Gasteiger partial charge in [-0.3, -0.25) is 9.59 Å². The number of benzene rings is 2. The van der Waals surface area contributed by atoms with Crippen LogP contribution in [0.1, 0.15) is 28.8 Å². The first-order valence-electron chi connectivity index (χ1n) is 8.65. The first-order valence-corrected chi connectivity index (χ1v) is 8.65. The van der Waals surface area contributed by atoms with E-state index in [1.165, 1.54) is 7.05 Å². The van der Waals surface area contributed by atoms with Gasteiger partial charge in [-0.25, -0.2) is 0 Å². The molecule has 7 heteroatoms. The van der Waals surface area contributed by atoms with Crippen LogP contribution in [0.5, 0.6) is 0 Å². The monoisotopic (exact) mass is 365 g/mol. The zero-order chi connectivity index (χ0) is 19.6. The van der Waals surface area contributed by atoms with Crippen molar-refractivity contribution < 1.29 is 9.59 Å². The number of rotatable bonds is 5. The van der Waals surface area contributed by atoms with Gasteiger partial charge in [-0.2, -0.15) is 0 Å². The van der Waals surface area contributed by atoms with Crippen LogP contribution in [0.2, 0.25) is 0 Å². The highest BCUT2D eigenvalue weighted by molar-refractivity contribution is 6.12. The van der Waals surface area contributed by atoms with Crippen molar-refractivity contribution in [1.82, 2.24) is 4.98 Å². The highest BCUT2D eigenvalue weighted by Gasteiger charge is 2.39. The lowest BCUT2D eigenvalue weighted by Crippen LogP contribution is -2.18. The molecule has 0 spiro atoms. The molecule has 1 saturated carbocycles. The van der Waals surface area contributed by atoms with Crippen LogP contribution >= 0.6 is 0 Å². The molecule has 0 atom stereocenters. The van der Waals surface area contributed by atoms with E-state index in [2.05, 4.69) is 28.2 Å². The minimum atomic E-state index is -0.592.